The summed E-state index contributed by atoms with van der Waals surface area (Å²) >= 11 is 0. The van der Waals surface area contributed by atoms with Crippen LogP contribution >= 0.6 is 0 Å². The molecule has 0 radical (unpaired) electrons. The van der Waals surface area contributed by atoms with Crippen molar-refractivity contribution in [2.45, 2.75) is 44.8 Å². The van der Waals surface area contributed by atoms with Gasteiger partial charge in [-0.3, -0.25) is 4.68 Å². The molecule has 0 aromatic carbocycles. The van der Waals surface area contributed by atoms with Gasteiger partial charge in [-0.05, 0) is 12.3 Å². The van der Waals surface area contributed by atoms with Crippen molar-refractivity contribution in [3.63, 3.8) is 0 Å². The summed E-state index contributed by atoms with van der Waals surface area (Å²) in [6.45, 7) is 0.524. The van der Waals surface area contributed by atoms with Crippen molar-refractivity contribution in [3.05, 3.63) is 12.5 Å². The highest BCUT2D eigenvalue weighted by atomic mass is 16.3. The number of fused-ring (bicyclic) bond motifs is 1. The number of hydrogen-bond acceptors (Lipinski definition) is 5. The minimum Gasteiger partial charge on any atom is -0.391 e. The number of nitrogens with one attached hydrogen (secondary N) is 1. The second kappa shape index (κ2) is 5.75. The van der Waals surface area contributed by atoms with E-state index >= 15 is 0 Å². The van der Waals surface area contributed by atoms with Gasteiger partial charge in [-0.2, -0.15) is 5.10 Å². The van der Waals surface area contributed by atoms with Crippen LogP contribution < -0.4 is 5.32 Å². The highest BCUT2D eigenvalue weighted by molar-refractivity contribution is 5.85. The lowest BCUT2D eigenvalue weighted by atomic mass is 10.0. The quantitative estimate of drug-likeness (QED) is 0.870. The van der Waals surface area contributed by atoms with Gasteiger partial charge in [0.25, 0.3) is 0 Å². The number of nitrogens with zero attached hydrogens (tertiary/aromatic N) is 4. The zero-order chi connectivity index (χ0) is 13.9. The van der Waals surface area contributed by atoms with Crippen LogP contribution in [0.15, 0.2) is 12.5 Å². The van der Waals surface area contributed by atoms with Crippen molar-refractivity contribution in [1.29, 1.82) is 0 Å². The van der Waals surface area contributed by atoms with E-state index in [1.54, 1.807) is 4.68 Å². The number of hydrogen-bond donors (Lipinski definition) is 2. The number of aliphatic hydroxyl groups is 1. The molecule has 0 spiro atoms. The molecule has 3 rings (SSSR count). The predicted molar refractivity (Wildman–Crippen MR) is 77.5 cm³/mol. The van der Waals surface area contributed by atoms with Crippen LogP contribution in [-0.2, 0) is 6.54 Å². The molecule has 108 valence electrons. The lowest BCUT2D eigenvalue weighted by Gasteiger charge is -2.15. The van der Waals surface area contributed by atoms with Crippen LogP contribution in [-0.4, -0.2) is 38.0 Å². The van der Waals surface area contributed by atoms with E-state index in [0.717, 1.165) is 17.6 Å². The van der Waals surface area contributed by atoms with Crippen molar-refractivity contribution >= 4 is 16.9 Å². The molecule has 2 aromatic heterocycles. The van der Waals surface area contributed by atoms with E-state index in [0.29, 0.717) is 18.1 Å². The second-order valence-electron chi connectivity index (χ2n) is 5.60. The van der Waals surface area contributed by atoms with Crippen LogP contribution in [0.4, 0.5) is 5.82 Å². The molecule has 6 heteroatoms. The van der Waals surface area contributed by atoms with Crippen molar-refractivity contribution < 1.29 is 5.11 Å². The van der Waals surface area contributed by atoms with Crippen LogP contribution in [0.3, 0.4) is 0 Å². The Morgan fingerprint density at radius 3 is 2.95 bits per heavy atom. The van der Waals surface area contributed by atoms with Crippen molar-refractivity contribution in [2.75, 3.05) is 12.4 Å². The summed E-state index contributed by atoms with van der Waals surface area (Å²) in [5.74, 6) is 1.45. The van der Waals surface area contributed by atoms with E-state index in [2.05, 4.69) is 20.4 Å². The van der Waals surface area contributed by atoms with Gasteiger partial charge >= 0.3 is 0 Å². The van der Waals surface area contributed by atoms with E-state index < -0.39 is 0 Å². The Morgan fingerprint density at radius 2 is 2.20 bits per heavy atom. The molecule has 1 atom stereocenters. The van der Waals surface area contributed by atoms with Crippen molar-refractivity contribution in [3.8, 4) is 0 Å². The fraction of sp³-hybridized carbons (Fsp3) is 0.643. The standard InChI is InChI=1S/C14H21N5O/c1-15-13-12-8-19(18-14(12)17-9-16-13)7-11(20)6-10-4-2-3-5-10/h8-11,20H,2-7H2,1H3,(H,15,16,17,18). The molecule has 1 saturated carbocycles. The normalized spacial score (nSPS) is 17.7. The number of anilines is 1. The molecule has 1 aliphatic carbocycles. The maximum atomic E-state index is 10.2. The Kier molecular flexibility index (Phi) is 3.82. The zero-order valence-corrected chi connectivity index (χ0v) is 11.8. The van der Waals surface area contributed by atoms with Gasteiger partial charge in [0.1, 0.15) is 12.1 Å². The third-order valence-corrected chi connectivity index (χ3v) is 4.08. The number of aliphatic hydroxyl groups excluding tert-OH is 1. The second-order valence-corrected chi connectivity index (χ2v) is 5.60. The van der Waals surface area contributed by atoms with Crippen LogP contribution in [0.1, 0.15) is 32.1 Å². The van der Waals surface area contributed by atoms with Crippen molar-refractivity contribution in [2.24, 2.45) is 5.92 Å². The van der Waals surface area contributed by atoms with Crippen LogP contribution in [0.2, 0.25) is 0 Å². The molecule has 0 saturated heterocycles. The Labute approximate surface area is 118 Å². The first-order valence-corrected chi connectivity index (χ1v) is 7.30. The average Bonchev–Trinajstić information content (AvgIpc) is 3.06. The molecule has 2 heterocycles. The fourth-order valence-electron chi connectivity index (χ4n) is 3.10. The van der Waals surface area contributed by atoms with Crippen LogP contribution in [0.5, 0.6) is 0 Å². The summed E-state index contributed by atoms with van der Waals surface area (Å²) in [5, 5.41) is 18.5. The number of aromatic nitrogens is 4. The van der Waals surface area contributed by atoms with E-state index in [1.165, 1.54) is 32.0 Å². The topological polar surface area (TPSA) is 75.9 Å². The maximum Gasteiger partial charge on any atom is 0.186 e. The molecule has 0 amide bonds. The summed E-state index contributed by atoms with van der Waals surface area (Å²) in [6, 6.07) is 0. The minimum atomic E-state index is -0.335. The van der Waals surface area contributed by atoms with Gasteiger partial charge < -0.3 is 10.4 Å². The highest BCUT2D eigenvalue weighted by Gasteiger charge is 2.19. The molecule has 0 aliphatic heterocycles. The molecule has 0 bridgehead atoms. The third-order valence-electron chi connectivity index (χ3n) is 4.08. The summed E-state index contributed by atoms with van der Waals surface area (Å²) in [5.41, 5.74) is 0.664. The summed E-state index contributed by atoms with van der Waals surface area (Å²) in [7, 11) is 1.83. The van der Waals surface area contributed by atoms with Gasteiger partial charge in [0.05, 0.1) is 18.0 Å². The van der Waals surface area contributed by atoms with Gasteiger partial charge in [-0.25, -0.2) is 9.97 Å². The first-order valence-electron chi connectivity index (χ1n) is 7.30. The van der Waals surface area contributed by atoms with E-state index in [1.807, 2.05) is 13.2 Å². The molecular formula is C14H21N5O. The Balaban J connectivity index is 1.70. The van der Waals surface area contributed by atoms with Gasteiger partial charge in [0.2, 0.25) is 0 Å². The zero-order valence-electron chi connectivity index (χ0n) is 11.8. The highest BCUT2D eigenvalue weighted by Crippen LogP contribution is 2.29. The SMILES string of the molecule is CNc1ncnc2nn(CC(O)CC3CCCC3)cc12. The third kappa shape index (κ3) is 2.75. The lowest BCUT2D eigenvalue weighted by Crippen LogP contribution is -2.19. The largest absolute Gasteiger partial charge is 0.391 e. The monoisotopic (exact) mass is 275 g/mol. The van der Waals surface area contributed by atoms with E-state index in [-0.39, 0.29) is 6.10 Å². The van der Waals surface area contributed by atoms with Gasteiger partial charge in [0.15, 0.2) is 5.65 Å². The number of rotatable bonds is 5. The van der Waals surface area contributed by atoms with E-state index in [4.69, 9.17) is 0 Å². The molecule has 1 fully saturated rings. The average molecular weight is 275 g/mol. The summed E-state index contributed by atoms with van der Waals surface area (Å²) < 4.78 is 1.78. The van der Waals surface area contributed by atoms with Gasteiger partial charge in [-0.1, -0.05) is 25.7 Å². The Morgan fingerprint density at radius 1 is 1.40 bits per heavy atom. The first-order chi connectivity index (χ1) is 9.76. The molecule has 2 N–H and O–H groups in total. The molecular weight excluding hydrogens is 254 g/mol. The first kappa shape index (κ1) is 13.3. The van der Waals surface area contributed by atoms with Crippen LogP contribution in [0.25, 0.3) is 11.0 Å². The molecule has 1 aliphatic rings. The maximum absolute atomic E-state index is 10.2. The Bertz CT molecular complexity index is 576. The molecule has 2 aromatic rings. The van der Waals surface area contributed by atoms with E-state index in [9.17, 15) is 5.11 Å². The van der Waals surface area contributed by atoms with Crippen LogP contribution in [0, 0.1) is 5.92 Å². The minimum absolute atomic E-state index is 0.335. The molecule has 20 heavy (non-hydrogen) atoms. The summed E-state index contributed by atoms with van der Waals surface area (Å²) in [4.78, 5) is 8.32. The van der Waals surface area contributed by atoms with Gasteiger partial charge in [-0.15, -0.1) is 0 Å². The fourth-order valence-corrected chi connectivity index (χ4v) is 3.10. The molecule has 1 unspecified atom stereocenters. The summed E-state index contributed by atoms with van der Waals surface area (Å²) in [6.07, 6.45) is 9.08. The van der Waals surface area contributed by atoms with Gasteiger partial charge in [0, 0.05) is 13.2 Å². The lowest BCUT2D eigenvalue weighted by molar-refractivity contribution is 0.120. The molecule has 6 nitrogen and oxygen atoms in total. The smallest absolute Gasteiger partial charge is 0.186 e. The van der Waals surface area contributed by atoms with Crippen molar-refractivity contribution in [1.82, 2.24) is 19.7 Å². The Hall–Kier alpha value is -1.69. The predicted octanol–water partition coefficient (Wildman–Crippen LogP) is 1.81.